The van der Waals surface area contributed by atoms with Gasteiger partial charge in [0.2, 0.25) is 0 Å². The number of benzene rings is 1. The predicted molar refractivity (Wildman–Crippen MR) is 96.5 cm³/mol. The maximum Gasteiger partial charge on any atom is 0.262 e. The molecule has 1 aromatic carbocycles. The van der Waals surface area contributed by atoms with Crippen molar-refractivity contribution in [1.82, 2.24) is 5.32 Å². The third-order valence-electron chi connectivity index (χ3n) is 5.03. The SMILES string of the molecule is N#C/C(=C/c1ccc(N2CCCC2)c(F)c1)C(=O)NC1CCCCC1. The van der Waals surface area contributed by atoms with Crippen LogP contribution in [0.15, 0.2) is 23.8 Å². The van der Waals surface area contributed by atoms with E-state index in [2.05, 4.69) is 5.32 Å². The average Bonchev–Trinajstić information content (AvgIpc) is 3.15. The zero-order valence-corrected chi connectivity index (χ0v) is 14.4. The molecule has 2 fully saturated rings. The number of rotatable bonds is 4. The van der Waals surface area contributed by atoms with E-state index in [0.717, 1.165) is 51.6 Å². The second kappa shape index (κ2) is 8.15. The highest BCUT2D eigenvalue weighted by Gasteiger charge is 2.19. The lowest BCUT2D eigenvalue weighted by atomic mass is 9.95. The van der Waals surface area contributed by atoms with Crippen LogP contribution in [-0.4, -0.2) is 25.0 Å². The van der Waals surface area contributed by atoms with Gasteiger partial charge in [0.1, 0.15) is 17.5 Å². The van der Waals surface area contributed by atoms with E-state index in [9.17, 15) is 14.4 Å². The van der Waals surface area contributed by atoms with Gasteiger partial charge in [0, 0.05) is 19.1 Å². The molecule has 0 unspecified atom stereocenters. The molecule has 25 heavy (non-hydrogen) atoms. The van der Waals surface area contributed by atoms with Crippen molar-refractivity contribution in [2.24, 2.45) is 0 Å². The molecule has 4 nitrogen and oxygen atoms in total. The van der Waals surface area contributed by atoms with Crippen molar-refractivity contribution in [3.8, 4) is 6.07 Å². The standard InChI is InChI=1S/C20H24FN3O/c21-18-13-15(8-9-19(18)24-10-4-5-11-24)12-16(14-22)20(25)23-17-6-2-1-3-7-17/h8-9,12-13,17H,1-7,10-11H2,(H,23,25)/b16-12-. The molecule has 1 aliphatic carbocycles. The maximum atomic E-state index is 14.4. The van der Waals surface area contributed by atoms with Crippen molar-refractivity contribution in [3.63, 3.8) is 0 Å². The normalized spacial score (nSPS) is 18.9. The molecule has 1 heterocycles. The van der Waals surface area contributed by atoms with Gasteiger partial charge in [0.05, 0.1) is 5.69 Å². The smallest absolute Gasteiger partial charge is 0.262 e. The Bertz CT molecular complexity index is 695. The number of amides is 1. The van der Waals surface area contributed by atoms with Gasteiger partial charge in [-0.2, -0.15) is 5.26 Å². The molecule has 1 N–H and O–H groups in total. The third-order valence-corrected chi connectivity index (χ3v) is 5.03. The summed E-state index contributed by atoms with van der Waals surface area (Å²) in [5, 5.41) is 12.2. The number of anilines is 1. The number of carbonyl (C=O) groups excluding carboxylic acids is 1. The number of hydrogen-bond acceptors (Lipinski definition) is 3. The number of nitrogens with one attached hydrogen (secondary N) is 1. The molecule has 132 valence electrons. The summed E-state index contributed by atoms with van der Waals surface area (Å²) in [5.74, 6) is -0.668. The van der Waals surface area contributed by atoms with Gasteiger partial charge in [0.15, 0.2) is 0 Å². The van der Waals surface area contributed by atoms with E-state index in [1.807, 2.05) is 11.0 Å². The van der Waals surface area contributed by atoms with Gasteiger partial charge in [-0.3, -0.25) is 4.79 Å². The Balaban J connectivity index is 1.71. The predicted octanol–water partition coefficient (Wildman–Crippen LogP) is 3.78. The van der Waals surface area contributed by atoms with Gasteiger partial charge in [-0.25, -0.2) is 4.39 Å². The summed E-state index contributed by atoms with van der Waals surface area (Å²) < 4.78 is 14.4. The Labute approximate surface area is 148 Å². The first-order chi connectivity index (χ1) is 12.2. The van der Waals surface area contributed by atoms with E-state index in [1.165, 1.54) is 18.6 Å². The van der Waals surface area contributed by atoms with Gasteiger partial charge in [-0.05, 0) is 49.5 Å². The summed E-state index contributed by atoms with van der Waals surface area (Å²) in [6.45, 7) is 1.75. The molecule has 0 radical (unpaired) electrons. The van der Waals surface area contributed by atoms with E-state index in [1.54, 1.807) is 12.1 Å². The molecule has 1 amide bonds. The Morgan fingerprint density at radius 1 is 1.20 bits per heavy atom. The zero-order valence-electron chi connectivity index (χ0n) is 14.4. The topological polar surface area (TPSA) is 56.1 Å². The fourth-order valence-electron chi connectivity index (χ4n) is 3.65. The van der Waals surface area contributed by atoms with Crippen LogP contribution >= 0.6 is 0 Å². The van der Waals surface area contributed by atoms with Gasteiger partial charge < -0.3 is 10.2 Å². The lowest BCUT2D eigenvalue weighted by molar-refractivity contribution is -0.117. The average molecular weight is 341 g/mol. The highest BCUT2D eigenvalue weighted by Crippen LogP contribution is 2.25. The van der Waals surface area contributed by atoms with Gasteiger partial charge in [-0.15, -0.1) is 0 Å². The zero-order chi connectivity index (χ0) is 17.6. The van der Waals surface area contributed by atoms with Crippen molar-refractivity contribution in [1.29, 1.82) is 5.26 Å². The van der Waals surface area contributed by atoms with Crippen molar-refractivity contribution >= 4 is 17.7 Å². The molecule has 0 bridgehead atoms. The highest BCUT2D eigenvalue weighted by atomic mass is 19.1. The fourth-order valence-corrected chi connectivity index (χ4v) is 3.65. The van der Waals surface area contributed by atoms with Crippen LogP contribution in [0.2, 0.25) is 0 Å². The van der Waals surface area contributed by atoms with Crippen LogP contribution < -0.4 is 10.2 Å². The Kier molecular flexibility index (Phi) is 5.70. The molecule has 1 aliphatic heterocycles. The molecule has 2 aliphatic rings. The first-order valence-electron chi connectivity index (χ1n) is 9.14. The van der Waals surface area contributed by atoms with Crippen LogP contribution in [0, 0.1) is 17.1 Å². The number of halogens is 1. The van der Waals surface area contributed by atoms with Crippen molar-refractivity contribution in [3.05, 3.63) is 35.2 Å². The summed E-state index contributed by atoms with van der Waals surface area (Å²) in [4.78, 5) is 14.3. The number of nitriles is 1. The van der Waals surface area contributed by atoms with Crippen molar-refractivity contribution in [2.75, 3.05) is 18.0 Å². The van der Waals surface area contributed by atoms with E-state index < -0.39 is 0 Å². The van der Waals surface area contributed by atoms with Crippen LogP contribution in [-0.2, 0) is 4.79 Å². The molecule has 0 aromatic heterocycles. The van der Waals surface area contributed by atoms with Crippen LogP contribution in [0.4, 0.5) is 10.1 Å². The summed E-state index contributed by atoms with van der Waals surface area (Å²) >= 11 is 0. The fraction of sp³-hybridized carbons (Fsp3) is 0.500. The number of carbonyl (C=O) groups is 1. The minimum Gasteiger partial charge on any atom is -0.369 e. The number of nitrogens with zero attached hydrogens (tertiary/aromatic N) is 2. The van der Waals surface area contributed by atoms with Crippen LogP contribution in [0.3, 0.4) is 0 Å². The van der Waals surface area contributed by atoms with E-state index in [-0.39, 0.29) is 23.3 Å². The molecular formula is C20H24FN3O. The second-order valence-electron chi connectivity index (χ2n) is 6.88. The van der Waals surface area contributed by atoms with Crippen LogP contribution in [0.25, 0.3) is 6.08 Å². The van der Waals surface area contributed by atoms with Crippen LogP contribution in [0.1, 0.15) is 50.5 Å². The quantitative estimate of drug-likeness (QED) is 0.670. The lowest BCUT2D eigenvalue weighted by Gasteiger charge is -2.22. The molecule has 0 atom stereocenters. The number of hydrogen-bond donors (Lipinski definition) is 1. The first-order valence-corrected chi connectivity index (χ1v) is 9.14. The highest BCUT2D eigenvalue weighted by molar-refractivity contribution is 6.01. The summed E-state index contributed by atoms with van der Waals surface area (Å²) in [5.41, 5.74) is 1.16. The van der Waals surface area contributed by atoms with Crippen LogP contribution in [0.5, 0.6) is 0 Å². The van der Waals surface area contributed by atoms with E-state index in [0.29, 0.717) is 11.3 Å². The van der Waals surface area contributed by atoms with Gasteiger partial charge in [0.25, 0.3) is 5.91 Å². The van der Waals surface area contributed by atoms with Crippen molar-refractivity contribution in [2.45, 2.75) is 51.0 Å². The van der Waals surface area contributed by atoms with E-state index >= 15 is 0 Å². The molecule has 0 spiro atoms. The van der Waals surface area contributed by atoms with Gasteiger partial charge in [-0.1, -0.05) is 25.3 Å². The molecule has 1 saturated carbocycles. The molecule has 5 heteroatoms. The Morgan fingerprint density at radius 2 is 1.92 bits per heavy atom. The lowest BCUT2D eigenvalue weighted by Crippen LogP contribution is -2.36. The summed E-state index contributed by atoms with van der Waals surface area (Å²) in [6, 6.07) is 7.00. The monoisotopic (exact) mass is 341 g/mol. The summed E-state index contributed by atoms with van der Waals surface area (Å²) in [6.07, 6.45) is 8.99. The summed E-state index contributed by atoms with van der Waals surface area (Å²) in [7, 11) is 0. The first kappa shape index (κ1) is 17.5. The minimum absolute atomic E-state index is 0.0268. The van der Waals surface area contributed by atoms with Gasteiger partial charge >= 0.3 is 0 Å². The van der Waals surface area contributed by atoms with E-state index in [4.69, 9.17) is 0 Å². The second-order valence-corrected chi connectivity index (χ2v) is 6.88. The third kappa shape index (κ3) is 4.39. The molecule has 1 saturated heterocycles. The molecule has 1 aromatic rings. The largest absolute Gasteiger partial charge is 0.369 e. The Morgan fingerprint density at radius 3 is 2.56 bits per heavy atom. The Hall–Kier alpha value is -2.35. The minimum atomic E-state index is -0.363. The molecule has 3 rings (SSSR count). The molecular weight excluding hydrogens is 317 g/mol. The maximum absolute atomic E-state index is 14.4. The van der Waals surface area contributed by atoms with Crippen molar-refractivity contribution < 1.29 is 9.18 Å².